The summed E-state index contributed by atoms with van der Waals surface area (Å²) >= 11 is 6.18. The van der Waals surface area contributed by atoms with Crippen molar-refractivity contribution in [1.82, 2.24) is 4.90 Å². The Morgan fingerprint density at radius 3 is 2.68 bits per heavy atom. The lowest BCUT2D eigenvalue weighted by Gasteiger charge is -2.19. The molecule has 0 radical (unpaired) electrons. The monoisotopic (exact) mass is 358 g/mol. The maximum Gasteiger partial charge on any atom is 0.332 e. The summed E-state index contributed by atoms with van der Waals surface area (Å²) in [5, 5.41) is 0.400. The van der Waals surface area contributed by atoms with Crippen LogP contribution in [-0.2, 0) is 11.3 Å². The number of rotatable bonds is 3. The van der Waals surface area contributed by atoms with E-state index in [0.29, 0.717) is 27.8 Å². The van der Waals surface area contributed by atoms with Gasteiger partial charge in [-0.25, -0.2) is 4.79 Å². The lowest BCUT2D eigenvalue weighted by Crippen LogP contribution is -2.33. The van der Waals surface area contributed by atoms with Crippen LogP contribution in [0.25, 0.3) is 0 Å². The van der Waals surface area contributed by atoms with Gasteiger partial charge >= 0.3 is 6.03 Å². The number of imide groups is 1. The molecule has 1 unspecified atom stereocenters. The Kier molecular flexibility index (Phi) is 3.77. The lowest BCUT2D eigenvalue weighted by molar-refractivity contribution is -0.127. The zero-order valence-corrected chi connectivity index (χ0v) is 14.2. The van der Waals surface area contributed by atoms with Gasteiger partial charge in [-0.3, -0.25) is 14.6 Å². The third-order valence-corrected chi connectivity index (χ3v) is 4.59. The Balaban J connectivity index is 1.62. The van der Waals surface area contributed by atoms with E-state index in [4.69, 9.17) is 21.1 Å². The molecule has 4 rings (SSSR count). The van der Waals surface area contributed by atoms with Gasteiger partial charge in [0.2, 0.25) is 6.79 Å². The molecule has 0 aliphatic carbocycles. The summed E-state index contributed by atoms with van der Waals surface area (Å²) in [5.74, 6) is 0.765. The topological polar surface area (TPSA) is 59.1 Å². The number of urea groups is 1. The number of carbonyl (C=O) groups excluding carboxylic acids is 2. The van der Waals surface area contributed by atoms with Crippen molar-refractivity contribution in [2.45, 2.75) is 19.5 Å². The number of para-hydroxylation sites is 1. The van der Waals surface area contributed by atoms with Crippen molar-refractivity contribution in [3.8, 4) is 11.5 Å². The molecule has 3 amide bonds. The van der Waals surface area contributed by atoms with Gasteiger partial charge < -0.3 is 9.47 Å². The Hall–Kier alpha value is -2.73. The number of carbonyl (C=O) groups is 2. The molecule has 2 aromatic rings. The largest absolute Gasteiger partial charge is 0.454 e. The third kappa shape index (κ3) is 2.59. The van der Waals surface area contributed by atoms with Gasteiger partial charge in [0, 0.05) is 5.69 Å². The maximum atomic E-state index is 12.8. The fraction of sp³-hybridized carbons (Fsp3) is 0.222. The molecule has 0 N–H and O–H groups in total. The average Bonchev–Trinajstić information content (AvgIpc) is 3.16. The van der Waals surface area contributed by atoms with Gasteiger partial charge in [-0.1, -0.05) is 29.8 Å². The zero-order valence-electron chi connectivity index (χ0n) is 13.4. The first kappa shape index (κ1) is 15.8. The molecule has 2 aromatic carbocycles. The summed E-state index contributed by atoms with van der Waals surface area (Å²) in [4.78, 5) is 28.1. The number of hydrogen-bond donors (Lipinski definition) is 0. The fourth-order valence-corrected chi connectivity index (χ4v) is 3.38. The molecule has 1 atom stereocenters. The van der Waals surface area contributed by atoms with Crippen LogP contribution in [0.5, 0.6) is 11.5 Å². The molecule has 1 fully saturated rings. The summed E-state index contributed by atoms with van der Waals surface area (Å²) in [5.41, 5.74) is 1.40. The Bertz CT molecular complexity index is 856. The zero-order chi connectivity index (χ0) is 17.6. The predicted octanol–water partition coefficient (Wildman–Crippen LogP) is 3.43. The van der Waals surface area contributed by atoms with Crippen LogP contribution < -0.4 is 14.4 Å². The standard InChI is InChI=1S/C18H15ClN2O4/c1-11-17(22)20(18(23)21(11)13-5-3-2-4-6-13)9-12-7-14(19)16-15(8-12)24-10-25-16/h2-8,11H,9-10H2,1H3. The number of benzene rings is 2. The van der Waals surface area contributed by atoms with Gasteiger partial charge in [0.05, 0.1) is 11.6 Å². The molecule has 2 aliphatic heterocycles. The smallest absolute Gasteiger partial charge is 0.332 e. The van der Waals surface area contributed by atoms with Gasteiger partial charge in [-0.2, -0.15) is 0 Å². The van der Waals surface area contributed by atoms with Crippen molar-refractivity contribution in [2.24, 2.45) is 0 Å². The van der Waals surface area contributed by atoms with Gasteiger partial charge in [0.25, 0.3) is 5.91 Å². The van der Waals surface area contributed by atoms with E-state index in [1.165, 1.54) is 9.80 Å². The number of fused-ring (bicyclic) bond motifs is 1. The van der Waals surface area contributed by atoms with Gasteiger partial charge in [-0.15, -0.1) is 0 Å². The van der Waals surface area contributed by atoms with Crippen LogP contribution in [0.1, 0.15) is 12.5 Å². The minimum absolute atomic E-state index is 0.110. The number of halogens is 1. The van der Waals surface area contributed by atoms with Crippen LogP contribution in [0.3, 0.4) is 0 Å². The first-order chi connectivity index (χ1) is 12.1. The van der Waals surface area contributed by atoms with Gasteiger partial charge in [0.15, 0.2) is 11.5 Å². The fourth-order valence-electron chi connectivity index (χ4n) is 3.09. The molecular weight excluding hydrogens is 344 g/mol. The van der Waals surface area contributed by atoms with E-state index in [1.54, 1.807) is 19.1 Å². The van der Waals surface area contributed by atoms with Gasteiger partial charge in [-0.05, 0) is 36.8 Å². The number of amides is 3. The molecular formula is C18H15ClN2O4. The Morgan fingerprint density at radius 2 is 1.92 bits per heavy atom. The molecule has 0 spiro atoms. The summed E-state index contributed by atoms with van der Waals surface area (Å²) in [7, 11) is 0. The molecule has 2 aliphatic rings. The summed E-state index contributed by atoms with van der Waals surface area (Å²) in [6.07, 6.45) is 0. The molecule has 0 aromatic heterocycles. The first-order valence-corrected chi connectivity index (χ1v) is 8.21. The SMILES string of the molecule is CC1C(=O)N(Cc2cc(Cl)c3c(c2)OCO3)C(=O)N1c1ccccc1. The van der Waals surface area contributed by atoms with Crippen molar-refractivity contribution in [3.63, 3.8) is 0 Å². The van der Waals surface area contributed by atoms with E-state index in [9.17, 15) is 9.59 Å². The summed E-state index contributed by atoms with van der Waals surface area (Å²) in [6.45, 7) is 1.96. The molecule has 1 saturated heterocycles. The highest BCUT2D eigenvalue weighted by atomic mass is 35.5. The third-order valence-electron chi connectivity index (χ3n) is 4.31. The highest BCUT2D eigenvalue weighted by molar-refractivity contribution is 6.32. The van der Waals surface area contributed by atoms with Crippen LogP contribution in [-0.4, -0.2) is 29.7 Å². The average molecular weight is 359 g/mol. The number of ether oxygens (including phenoxy) is 2. The number of nitrogens with zero attached hydrogens (tertiary/aromatic N) is 2. The van der Waals surface area contributed by atoms with Gasteiger partial charge in [0.1, 0.15) is 6.04 Å². The van der Waals surface area contributed by atoms with E-state index in [0.717, 1.165) is 0 Å². The predicted molar refractivity (Wildman–Crippen MR) is 91.9 cm³/mol. The summed E-state index contributed by atoms with van der Waals surface area (Å²) in [6, 6.07) is 11.7. The van der Waals surface area contributed by atoms with E-state index in [1.807, 2.05) is 30.3 Å². The molecule has 0 bridgehead atoms. The van der Waals surface area contributed by atoms with Crippen molar-refractivity contribution in [3.05, 3.63) is 53.1 Å². The second kappa shape index (κ2) is 5.97. The van der Waals surface area contributed by atoms with E-state index < -0.39 is 6.04 Å². The van der Waals surface area contributed by atoms with Crippen LogP contribution in [0.15, 0.2) is 42.5 Å². The molecule has 128 valence electrons. The first-order valence-electron chi connectivity index (χ1n) is 7.84. The molecule has 0 saturated carbocycles. The summed E-state index contributed by atoms with van der Waals surface area (Å²) < 4.78 is 10.6. The van der Waals surface area contributed by atoms with Crippen LogP contribution >= 0.6 is 11.6 Å². The van der Waals surface area contributed by atoms with Crippen molar-refractivity contribution in [2.75, 3.05) is 11.7 Å². The highest BCUT2D eigenvalue weighted by Crippen LogP contribution is 2.40. The van der Waals surface area contributed by atoms with Crippen molar-refractivity contribution < 1.29 is 19.1 Å². The quantitative estimate of drug-likeness (QED) is 0.789. The Labute approximate surface area is 149 Å². The normalized spacial score (nSPS) is 19.0. The second-order valence-corrected chi connectivity index (χ2v) is 6.31. The lowest BCUT2D eigenvalue weighted by atomic mass is 10.2. The molecule has 25 heavy (non-hydrogen) atoms. The van der Waals surface area contributed by atoms with E-state index >= 15 is 0 Å². The number of hydrogen-bond acceptors (Lipinski definition) is 4. The highest BCUT2D eigenvalue weighted by Gasteiger charge is 2.43. The van der Waals surface area contributed by atoms with Crippen LogP contribution in [0.4, 0.5) is 10.5 Å². The van der Waals surface area contributed by atoms with Crippen molar-refractivity contribution >= 4 is 29.2 Å². The maximum absolute atomic E-state index is 12.8. The van der Waals surface area contributed by atoms with Crippen LogP contribution in [0.2, 0.25) is 5.02 Å². The van der Waals surface area contributed by atoms with Crippen LogP contribution in [0, 0.1) is 0 Å². The minimum atomic E-state index is -0.556. The van der Waals surface area contributed by atoms with Crippen molar-refractivity contribution in [1.29, 1.82) is 0 Å². The Morgan fingerprint density at radius 1 is 1.16 bits per heavy atom. The molecule has 7 heteroatoms. The second-order valence-electron chi connectivity index (χ2n) is 5.90. The van der Waals surface area contributed by atoms with E-state index in [-0.39, 0.29) is 25.3 Å². The molecule has 6 nitrogen and oxygen atoms in total. The molecule has 2 heterocycles. The minimum Gasteiger partial charge on any atom is -0.454 e. The number of anilines is 1. The van der Waals surface area contributed by atoms with E-state index in [2.05, 4.69) is 0 Å².